The van der Waals surface area contributed by atoms with Crippen molar-refractivity contribution in [1.82, 2.24) is 0 Å². The fraction of sp³-hybridized carbons (Fsp3) is 0.579. The Kier molecular flexibility index (Phi) is 9.21. The molecule has 0 saturated heterocycles. The standard InChI is InChI=1S/C38H48O6/c1-7-9-11-13-15-25-17-19-29-27(21-25)28-22-26(16-14-12-10-8-2)18-20-30(28)38-31(35(41)43-5)33(39)23(3)37(29,38)24(4)34(40)32(38)36(42)44-6/h17-24,31-32H,7-16H2,1-6H3. The first-order chi connectivity index (χ1) is 21.2. The van der Waals surface area contributed by atoms with E-state index in [0.29, 0.717) is 5.56 Å². The van der Waals surface area contributed by atoms with Crippen LogP contribution in [0.2, 0.25) is 0 Å². The number of esters is 2. The average molecular weight is 601 g/mol. The zero-order valence-electron chi connectivity index (χ0n) is 27.3. The van der Waals surface area contributed by atoms with Crippen LogP contribution < -0.4 is 0 Å². The van der Waals surface area contributed by atoms with Gasteiger partial charge in [0.1, 0.15) is 11.8 Å². The lowest BCUT2D eigenvalue weighted by Gasteiger charge is -2.52. The highest BCUT2D eigenvalue weighted by atomic mass is 16.5. The van der Waals surface area contributed by atoms with Gasteiger partial charge in [-0.3, -0.25) is 19.2 Å². The zero-order chi connectivity index (χ0) is 31.8. The van der Waals surface area contributed by atoms with Crippen LogP contribution in [0.5, 0.6) is 0 Å². The van der Waals surface area contributed by atoms with Crippen molar-refractivity contribution in [2.75, 3.05) is 14.2 Å². The van der Waals surface area contributed by atoms with Crippen LogP contribution in [0.3, 0.4) is 0 Å². The fourth-order valence-electron chi connectivity index (χ4n) is 9.37. The molecule has 4 unspecified atom stereocenters. The molecule has 0 N–H and O–H groups in total. The van der Waals surface area contributed by atoms with Gasteiger partial charge in [0.15, 0.2) is 11.6 Å². The van der Waals surface area contributed by atoms with Gasteiger partial charge in [-0.15, -0.1) is 0 Å². The van der Waals surface area contributed by atoms with Gasteiger partial charge in [-0.1, -0.05) is 103 Å². The van der Waals surface area contributed by atoms with E-state index in [4.69, 9.17) is 9.47 Å². The van der Waals surface area contributed by atoms with Crippen molar-refractivity contribution in [2.24, 2.45) is 23.7 Å². The number of benzene rings is 2. The predicted octanol–water partition coefficient (Wildman–Crippen LogP) is 7.10. The lowest BCUT2D eigenvalue weighted by atomic mass is 9.47. The van der Waals surface area contributed by atoms with Gasteiger partial charge < -0.3 is 9.47 Å². The van der Waals surface area contributed by atoms with Crippen molar-refractivity contribution in [2.45, 2.75) is 103 Å². The van der Waals surface area contributed by atoms with Crippen LogP contribution in [0.25, 0.3) is 11.1 Å². The Morgan fingerprint density at radius 2 is 1.05 bits per heavy atom. The van der Waals surface area contributed by atoms with Crippen LogP contribution in [0.1, 0.15) is 101 Å². The first-order valence-electron chi connectivity index (χ1n) is 16.7. The number of ether oxygens (including phenoxy) is 2. The highest BCUT2D eigenvalue weighted by Crippen LogP contribution is 2.74. The van der Waals surface area contributed by atoms with Gasteiger partial charge in [0, 0.05) is 22.7 Å². The molecule has 4 atom stereocenters. The molecule has 2 aromatic rings. The first-order valence-corrected chi connectivity index (χ1v) is 16.7. The van der Waals surface area contributed by atoms with Crippen LogP contribution in [0.4, 0.5) is 0 Å². The van der Waals surface area contributed by atoms with E-state index in [0.717, 1.165) is 61.6 Å². The number of carbonyl (C=O) groups is 4. The normalized spacial score (nSPS) is 28.2. The Hall–Kier alpha value is -3.28. The monoisotopic (exact) mass is 600 g/mol. The third-order valence-corrected chi connectivity index (χ3v) is 11.2. The smallest absolute Gasteiger partial charge is 0.317 e. The summed E-state index contributed by atoms with van der Waals surface area (Å²) < 4.78 is 10.6. The number of hydrogen-bond acceptors (Lipinski definition) is 6. The second-order valence-corrected chi connectivity index (χ2v) is 13.3. The molecule has 0 bridgehead atoms. The van der Waals surface area contributed by atoms with E-state index >= 15 is 0 Å². The van der Waals surface area contributed by atoms with Gasteiger partial charge in [-0.2, -0.15) is 0 Å². The van der Waals surface area contributed by atoms with Gasteiger partial charge in [0.2, 0.25) is 0 Å². The summed E-state index contributed by atoms with van der Waals surface area (Å²) in [5.41, 5.74) is 3.33. The summed E-state index contributed by atoms with van der Waals surface area (Å²) >= 11 is 0. The van der Waals surface area contributed by atoms with Crippen LogP contribution in [0.15, 0.2) is 36.4 Å². The average Bonchev–Trinajstić information content (AvgIpc) is 3.37. The maximum atomic E-state index is 14.4. The van der Waals surface area contributed by atoms with Gasteiger partial charge >= 0.3 is 11.9 Å². The van der Waals surface area contributed by atoms with Crippen molar-refractivity contribution < 1.29 is 28.7 Å². The predicted molar refractivity (Wildman–Crippen MR) is 170 cm³/mol. The second kappa shape index (κ2) is 12.6. The number of Topliss-reactive ketones (excluding diaryl/α,β-unsaturated/α-hetero) is 2. The summed E-state index contributed by atoms with van der Waals surface area (Å²) in [7, 11) is 2.54. The Morgan fingerprint density at radius 3 is 1.43 bits per heavy atom. The van der Waals surface area contributed by atoms with E-state index in [9.17, 15) is 19.2 Å². The van der Waals surface area contributed by atoms with E-state index in [1.54, 1.807) is 0 Å². The molecule has 0 amide bonds. The minimum Gasteiger partial charge on any atom is -0.468 e. The van der Waals surface area contributed by atoms with Gasteiger partial charge in [0.25, 0.3) is 0 Å². The number of unbranched alkanes of at least 4 members (excludes halogenated alkanes) is 6. The van der Waals surface area contributed by atoms with Crippen molar-refractivity contribution in [3.05, 3.63) is 58.7 Å². The minimum absolute atomic E-state index is 0.281. The number of aryl methyl sites for hydroxylation is 2. The Labute approximate surface area is 262 Å². The summed E-state index contributed by atoms with van der Waals surface area (Å²) in [6.45, 7) is 8.07. The van der Waals surface area contributed by atoms with Crippen LogP contribution in [0, 0.1) is 23.7 Å². The molecule has 0 aromatic heterocycles. The fourth-order valence-corrected chi connectivity index (χ4v) is 9.37. The largest absolute Gasteiger partial charge is 0.468 e. The quantitative estimate of drug-likeness (QED) is 0.147. The number of hydrogen-bond donors (Lipinski definition) is 0. The third-order valence-electron chi connectivity index (χ3n) is 11.2. The third kappa shape index (κ3) is 4.41. The SMILES string of the molecule is CCCCCCc1ccc2c(c1)-c1cc(CCCCCC)ccc1C13C(C(=O)OC)C(=O)C(C)C21C(C)C(=O)C3C(=O)OC. The topological polar surface area (TPSA) is 86.7 Å². The molecule has 0 spiro atoms. The molecular weight excluding hydrogens is 552 g/mol. The van der Waals surface area contributed by atoms with E-state index in [2.05, 4.69) is 44.2 Å². The molecule has 6 heteroatoms. The molecule has 2 aromatic carbocycles. The Balaban J connectivity index is 1.82. The molecule has 0 aliphatic heterocycles. The van der Waals surface area contributed by atoms with Crippen molar-refractivity contribution >= 4 is 23.5 Å². The molecule has 0 radical (unpaired) electrons. The van der Waals surface area contributed by atoms with Gasteiger partial charge in [-0.25, -0.2) is 0 Å². The maximum absolute atomic E-state index is 14.4. The number of carbonyl (C=O) groups excluding carboxylic acids is 4. The van der Waals surface area contributed by atoms with E-state index in [1.165, 1.54) is 44.6 Å². The van der Waals surface area contributed by atoms with E-state index < -0.39 is 46.4 Å². The zero-order valence-corrected chi connectivity index (χ0v) is 27.3. The minimum atomic E-state index is -1.45. The van der Waals surface area contributed by atoms with Crippen molar-refractivity contribution in [3.63, 3.8) is 0 Å². The van der Waals surface area contributed by atoms with Gasteiger partial charge in [0.05, 0.1) is 14.2 Å². The van der Waals surface area contributed by atoms with Crippen LogP contribution in [-0.4, -0.2) is 37.7 Å². The lowest BCUT2D eigenvalue weighted by Crippen LogP contribution is -2.57. The summed E-state index contributed by atoms with van der Waals surface area (Å²) in [6, 6.07) is 12.7. The molecule has 3 aliphatic carbocycles. The molecule has 3 aliphatic rings. The van der Waals surface area contributed by atoms with E-state index in [1.807, 2.05) is 19.9 Å². The van der Waals surface area contributed by atoms with E-state index in [-0.39, 0.29) is 11.6 Å². The molecule has 5 rings (SSSR count). The molecule has 236 valence electrons. The first kappa shape index (κ1) is 32.1. The summed E-state index contributed by atoms with van der Waals surface area (Å²) in [6.07, 6.45) is 11.0. The van der Waals surface area contributed by atoms with Crippen LogP contribution >= 0.6 is 0 Å². The second-order valence-electron chi connectivity index (χ2n) is 13.3. The highest BCUT2D eigenvalue weighted by molar-refractivity contribution is 6.16. The maximum Gasteiger partial charge on any atom is 0.317 e. The number of fused-ring (bicyclic) bond motifs is 3. The molecule has 0 heterocycles. The van der Waals surface area contributed by atoms with Crippen molar-refractivity contribution in [1.29, 1.82) is 0 Å². The Bertz CT molecular complexity index is 1410. The summed E-state index contributed by atoms with van der Waals surface area (Å²) in [5, 5.41) is 0. The molecule has 2 fully saturated rings. The lowest BCUT2D eigenvalue weighted by molar-refractivity contribution is -0.156. The molecule has 44 heavy (non-hydrogen) atoms. The Morgan fingerprint density at radius 1 is 0.636 bits per heavy atom. The van der Waals surface area contributed by atoms with Crippen molar-refractivity contribution in [3.8, 4) is 11.1 Å². The van der Waals surface area contributed by atoms with Gasteiger partial charge in [-0.05, 0) is 59.1 Å². The molecule has 2 saturated carbocycles. The number of methoxy groups -OCH3 is 2. The number of rotatable bonds is 12. The molecule has 6 nitrogen and oxygen atoms in total. The summed E-state index contributed by atoms with van der Waals surface area (Å²) in [5.74, 6) is -5.98. The highest BCUT2D eigenvalue weighted by Gasteiger charge is 2.84. The number of ketones is 2. The van der Waals surface area contributed by atoms with Crippen LogP contribution in [-0.2, 0) is 52.3 Å². The summed E-state index contributed by atoms with van der Waals surface area (Å²) in [4.78, 5) is 56.2. The molecular formula is C38H48O6.